The van der Waals surface area contributed by atoms with Gasteiger partial charge in [-0.25, -0.2) is 0 Å². The van der Waals surface area contributed by atoms with Crippen LogP contribution in [0.2, 0.25) is 0 Å². The van der Waals surface area contributed by atoms with Gasteiger partial charge in [-0.2, -0.15) is 0 Å². The summed E-state index contributed by atoms with van der Waals surface area (Å²) in [5, 5.41) is 3.69. The maximum Gasteiger partial charge on any atom is 0.122 e. The minimum absolute atomic E-state index is 0.582. The van der Waals surface area contributed by atoms with Gasteiger partial charge in [0.2, 0.25) is 0 Å². The molecule has 2 aliphatic rings. The summed E-state index contributed by atoms with van der Waals surface area (Å²) in [6.07, 6.45) is 3.81. The van der Waals surface area contributed by atoms with E-state index in [-0.39, 0.29) is 0 Å². The van der Waals surface area contributed by atoms with Gasteiger partial charge >= 0.3 is 0 Å². The Morgan fingerprint density at radius 2 is 2.20 bits per heavy atom. The molecule has 1 N–H and O–H groups in total. The van der Waals surface area contributed by atoms with Gasteiger partial charge in [0.05, 0.1) is 7.11 Å². The number of nitrogens with zero attached hydrogens (tertiary/aromatic N) is 1. The van der Waals surface area contributed by atoms with Crippen molar-refractivity contribution in [1.82, 2.24) is 10.2 Å². The van der Waals surface area contributed by atoms with Crippen molar-refractivity contribution in [2.24, 2.45) is 5.92 Å². The lowest BCUT2D eigenvalue weighted by Crippen LogP contribution is -2.41. The molecular formula is C17H26N2O. The molecule has 3 heteroatoms. The molecule has 2 fully saturated rings. The summed E-state index contributed by atoms with van der Waals surface area (Å²) < 4.78 is 5.47. The number of hydrogen-bond acceptors (Lipinski definition) is 3. The molecule has 2 aliphatic heterocycles. The molecule has 1 aromatic rings. The summed E-state index contributed by atoms with van der Waals surface area (Å²) in [6, 6.07) is 9.71. The Morgan fingerprint density at radius 1 is 1.35 bits per heavy atom. The quantitative estimate of drug-likeness (QED) is 0.912. The second kappa shape index (κ2) is 6.15. The molecule has 20 heavy (non-hydrogen) atoms. The van der Waals surface area contributed by atoms with Crippen molar-refractivity contribution >= 4 is 0 Å². The van der Waals surface area contributed by atoms with E-state index in [2.05, 4.69) is 35.3 Å². The highest BCUT2D eigenvalue weighted by atomic mass is 16.5. The van der Waals surface area contributed by atoms with Crippen LogP contribution in [0.15, 0.2) is 24.3 Å². The summed E-state index contributed by atoms with van der Waals surface area (Å²) in [5.74, 6) is 1.89. The summed E-state index contributed by atoms with van der Waals surface area (Å²) in [6.45, 7) is 6.02. The van der Waals surface area contributed by atoms with Gasteiger partial charge in [-0.1, -0.05) is 18.2 Å². The van der Waals surface area contributed by atoms with Crippen LogP contribution >= 0.6 is 0 Å². The molecule has 3 rings (SSSR count). The van der Waals surface area contributed by atoms with Gasteiger partial charge in [0.1, 0.15) is 5.75 Å². The second-order valence-corrected chi connectivity index (χ2v) is 6.28. The molecule has 110 valence electrons. The van der Waals surface area contributed by atoms with Crippen LogP contribution in [0.5, 0.6) is 5.75 Å². The first kappa shape index (κ1) is 13.9. The number of rotatable bonds is 4. The summed E-state index contributed by atoms with van der Waals surface area (Å²) in [5.41, 5.74) is 1.32. The number of ether oxygens (including phenoxy) is 1. The minimum atomic E-state index is 0.582. The number of nitrogens with one attached hydrogen (secondary N) is 1. The van der Waals surface area contributed by atoms with E-state index >= 15 is 0 Å². The molecule has 0 radical (unpaired) electrons. The summed E-state index contributed by atoms with van der Waals surface area (Å²) >= 11 is 0. The maximum absolute atomic E-state index is 5.47. The van der Waals surface area contributed by atoms with Gasteiger partial charge in [0.15, 0.2) is 0 Å². The van der Waals surface area contributed by atoms with Crippen molar-refractivity contribution < 1.29 is 4.74 Å². The number of benzene rings is 1. The first-order valence-corrected chi connectivity index (χ1v) is 7.87. The highest BCUT2D eigenvalue weighted by molar-refractivity contribution is 5.33. The SMILES string of the molecule is COc1ccccc1CC(C)N1C[C@@H]2CCCN[C@@H]2C1. The van der Waals surface area contributed by atoms with Gasteiger partial charge in [0.25, 0.3) is 0 Å². The lowest BCUT2D eigenvalue weighted by molar-refractivity contribution is 0.244. The molecule has 3 atom stereocenters. The lowest BCUT2D eigenvalue weighted by atomic mass is 9.94. The van der Waals surface area contributed by atoms with Crippen LogP contribution in [0.4, 0.5) is 0 Å². The zero-order valence-electron chi connectivity index (χ0n) is 12.6. The predicted octanol–water partition coefficient (Wildman–Crippen LogP) is 2.31. The largest absolute Gasteiger partial charge is 0.496 e. The zero-order chi connectivity index (χ0) is 13.9. The molecule has 3 nitrogen and oxygen atoms in total. The van der Waals surface area contributed by atoms with E-state index < -0.39 is 0 Å². The van der Waals surface area contributed by atoms with Crippen LogP contribution in [0.25, 0.3) is 0 Å². The Labute approximate surface area is 122 Å². The van der Waals surface area contributed by atoms with Crippen molar-refractivity contribution in [1.29, 1.82) is 0 Å². The summed E-state index contributed by atoms with van der Waals surface area (Å²) in [7, 11) is 1.76. The smallest absolute Gasteiger partial charge is 0.122 e. The van der Waals surface area contributed by atoms with E-state index in [4.69, 9.17) is 4.74 Å². The van der Waals surface area contributed by atoms with Gasteiger partial charge in [-0.15, -0.1) is 0 Å². The fraction of sp³-hybridized carbons (Fsp3) is 0.647. The number of methoxy groups -OCH3 is 1. The van der Waals surface area contributed by atoms with Gasteiger partial charge < -0.3 is 10.1 Å². The van der Waals surface area contributed by atoms with Crippen molar-refractivity contribution in [2.45, 2.75) is 38.3 Å². The van der Waals surface area contributed by atoms with Crippen molar-refractivity contribution in [3.8, 4) is 5.75 Å². The average molecular weight is 274 g/mol. The number of likely N-dealkylation sites (tertiary alicyclic amines) is 1. The molecule has 0 aromatic heterocycles. The lowest BCUT2D eigenvalue weighted by Gasteiger charge is -2.25. The average Bonchev–Trinajstić information content (AvgIpc) is 2.92. The Bertz CT molecular complexity index is 434. The van der Waals surface area contributed by atoms with E-state index in [1.54, 1.807) is 7.11 Å². The van der Waals surface area contributed by atoms with Crippen molar-refractivity contribution in [3.05, 3.63) is 29.8 Å². The first-order valence-electron chi connectivity index (χ1n) is 7.87. The molecule has 1 aromatic carbocycles. The zero-order valence-corrected chi connectivity index (χ0v) is 12.6. The third-order valence-corrected chi connectivity index (χ3v) is 4.96. The molecule has 0 bridgehead atoms. The Kier molecular flexibility index (Phi) is 4.27. The highest BCUT2D eigenvalue weighted by Crippen LogP contribution is 2.28. The predicted molar refractivity (Wildman–Crippen MR) is 82.2 cm³/mol. The van der Waals surface area contributed by atoms with Gasteiger partial charge in [-0.05, 0) is 50.3 Å². The van der Waals surface area contributed by atoms with E-state index in [0.717, 1.165) is 24.1 Å². The third kappa shape index (κ3) is 2.84. The third-order valence-electron chi connectivity index (χ3n) is 4.96. The van der Waals surface area contributed by atoms with Crippen molar-refractivity contribution in [2.75, 3.05) is 26.7 Å². The fourth-order valence-electron chi connectivity index (χ4n) is 3.76. The molecule has 0 aliphatic carbocycles. The standard InChI is InChI=1S/C17H26N2O/c1-13(10-14-6-3-4-8-17(14)20-2)19-11-15-7-5-9-18-16(15)12-19/h3-4,6,8,13,15-16,18H,5,7,9-12H2,1-2H3/t13?,15-,16+/m0/s1. The van der Waals surface area contributed by atoms with Crippen LogP contribution in [-0.2, 0) is 6.42 Å². The molecule has 0 amide bonds. The monoisotopic (exact) mass is 274 g/mol. The molecule has 1 unspecified atom stereocenters. The molecule has 2 saturated heterocycles. The Balaban J connectivity index is 1.63. The molecular weight excluding hydrogens is 248 g/mol. The van der Waals surface area contributed by atoms with Gasteiger partial charge in [0, 0.05) is 25.2 Å². The maximum atomic E-state index is 5.47. The molecule has 0 spiro atoms. The van der Waals surface area contributed by atoms with Crippen LogP contribution in [0.1, 0.15) is 25.3 Å². The number of hydrogen-bond donors (Lipinski definition) is 1. The molecule has 2 heterocycles. The van der Waals surface area contributed by atoms with E-state index in [0.29, 0.717) is 6.04 Å². The topological polar surface area (TPSA) is 24.5 Å². The Morgan fingerprint density at radius 3 is 3.00 bits per heavy atom. The van der Waals surface area contributed by atoms with Crippen LogP contribution in [0, 0.1) is 5.92 Å². The molecule has 0 saturated carbocycles. The van der Waals surface area contributed by atoms with Crippen LogP contribution < -0.4 is 10.1 Å². The number of para-hydroxylation sites is 1. The number of piperidine rings is 1. The minimum Gasteiger partial charge on any atom is -0.496 e. The number of fused-ring (bicyclic) bond motifs is 1. The van der Waals surface area contributed by atoms with Crippen LogP contribution in [-0.4, -0.2) is 43.7 Å². The van der Waals surface area contributed by atoms with Crippen molar-refractivity contribution in [3.63, 3.8) is 0 Å². The summed E-state index contributed by atoms with van der Waals surface area (Å²) in [4.78, 5) is 2.65. The Hall–Kier alpha value is -1.06. The van der Waals surface area contributed by atoms with Crippen LogP contribution in [0.3, 0.4) is 0 Å². The van der Waals surface area contributed by atoms with E-state index in [9.17, 15) is 0 Å². The van der Waals surface area contributed by atoms with Gasteiger partial charge in [-0.3, -0.25) is 4.90 Å². The first-order chi connectivity index (χ1) is 9.78. The highest BCUT2D eigenvalue weighted by Gasteiger charge is 2.35. The second-order valence-electron chi connectivity index (χ2n) is 6.28. The normalized spacial score (nSPS) is 28.1. The fourth-order valence-corrected chi connectivity index (χ4v) is 3.76. The van der Waals surface area contributed by atoms with E-state index in [1.165, 1.54) is 38.0 Å². The van der Waals surface area contributed by atoms with E-state index in [1.807, 2.05) is 6.07 Å².